The summed E-state index contributed by atoms with van der Waals surface area (Å²) >= 11 is 0. The van der Waals surface area contributed by atoms with Gasteiger partial charge < -0.3 is 5.32 Å². The van der Waals surface area contributed by atoms with E-state index in [-0.39, 0.29) is 5.75 Å². The predicted molar refractivity (Wildman–Crippen MR) is 82.9 cm³/mol. The summed E-state index contributed by atoms with van der Waals surface area (Å²) in [6.07, 6.45) is 8.88. The van der Waals surface area contributed by atoms with Gasteiger partial charge in [0.15, 0.2) is 0 Å². The second kappa shape index (κ2) is 12.9. The average Bonchev–Trinajstić information content (AvgIpc) is 2.37. The van der Waals surface area contributed by atoms with Crippen LogP contribution in [-0.4, -0.2) is 33.8 Å². The fraction of sp³-hybridized carbons (Fsp3) is 1.00. The molecular formula is C14H32N2O2S. The van der Waals surface area contributed by atoms with Crippen LogP contribution < -0.4 is 10.0 Å². The first-order valence-electron chi connectivity index (χ1n) is 7.80. The summed E-state index contributed by atoms with van der Waals surface area (Å²) in [5.74, 6) is 0.236. The van der Waals surface area contributed by atoms with Crippen LogP contribution in [0.25, 0.3) is 0 Å². The third-order valence-corrected chi connectivity index (χ3v) is 4.52. The highest BCUT2D eigenvalue weighted by atomic mass is 32.2. The largest absolute Gasteiger partial charge is 0.317 e. The topological polar surface area (TPSA) is 58.2 Å². The van der Waals surface area contributed by atoms with Crippen LogP contribution in [0.3, 0.4) is 0 Å². The Balaban J connectivity index is 3.41. The Hall–Kier alpha value is -0.130. The molecule has 0 bridgehead atoms. The highest BCUT2D eigenvalue weighted by Gasteiger charge is 2.08. The van der Waals surface area contributed by atoms with Gasteiger partial charge in [0.25, 0.3) is 0 Å². The molecule has 0 spiro atoms. The van der Waals surface area contributed by atoms with Crippen LogP contribution in [0.1, 0.15) is 65.2 Å². The van der Waals surface area contributed by atoms with Gasteiger partial charge in [-0.2, -0.15) is 0 Å². The molecule has 0 aromatic heterocycles. The van der Waals surface area contributed by atoms with Gasteiger partial charge in [0.1, 0.15) is 0 Å². The van der Waals surface area contributed by atoms with E-state index in [1.54, 1.807) is 0 Å². The van der Waals surface area contributed by atoms with Crippen LogP contribution in [0.5, 0.6) is 0 Å². The van der Waals surface area contributed by atoms with Gasteiger partial charge in [-0.15, -0.1) is 0 Å². The van der Waals surface area contributed by atoms with Crippen molar-refractivity contribution in [3.63, 3.8) is 0 Å². The maximum atomic E-state index is 11.7. The Bertz CT molecular complexity index is 279. The molecule has 2 N–H and O–H groups in total. The lowest BCUT2D eigenvalue weighted by atomic mass is 10.1. The number of nitrogens with one attached hydrogen (secondary N) is 2. The minimum Gasteiger partial charge on any atom is -0.317 e. The molecule has 0 saturated heterocycles. The molecule has 0 rings (SSSR count). The Morgan fingerprint density at radius 2 is 1.42 bits per heavy atom. The molecule has 0 aromatic carbocycles. The van der Waals surface area contributed by atoms with E-state index < -0.39 is 10.0 Å². The zero-order chi connectivity index (χ0) is 14.4. The normalized spacial score (nSPS) is 11.9. The molecule has 0 saturated carbocycles. The van der Waals surface area contributed by atoms with Crippen LogP contribution in [0.4, 0.5) is 0 Å². The number of unbranched alkanes of at least 4 members (excludes halogenated alkanes) is 5. The lowest BCUT2D eigenvalue weighted by Gasteiger charge is -2.07. The standard InChI is InChI=1S/C14H32N2O2S/c1-3-5-6-7-8-9-13-16-19(17,18)14-10-12-15-11-4-2/h15-16H,3-14H2,1-2H3. The summed E-state index contributed by atoms with van der Waals surface area (Å²) < 4.78 is 26.0. The molecule has 0 fully saturated rings. The van der Waals surface area contributed by atoms with Gasteiger partial charge in [0.2, 0.25) is 10.0 Å². The molecular weight excluding hydrogens is 260 g/mol. The zero-order valence-corrected chi connectivity index (χ0v) is 13.5. The second-order valence-electron chi connectivity index (χ2n) is 5.08. The molecule has 0 heterocycles. The minimum atomic E-state index is -3.06. The maximum absolute atomic E-state index is 11.7. The van der Waals surface area contributed by atoms with Crippen LogP contribution in [0, 0.1) is 0 Å². The van der Waals surface area contributed by atoms with Crippen molar-refractivity contribution in [3.8, 4) is 0 Å². The Morgan fingerprint density at radius 1 is 0.737 bits per heavy atom. The molecule has 0 aromatic rings. The van der Waals surface area contributed by atoms with E-state index in [1.165, 1.54) is 25.7 Å². The van der Waals surface area contributed by atoms with Crippen molar-refractivity contribution in [2.45, 2.75) is 65.2 Å². The minimum absolute atomic E-state index is 0.236. The fourth-order valence-electron chi connectivity index (χ4n) is 1.89. The first-order valence-corrected chi connectivity index (χ1v) is 9.45. The average molecular weight is 292 g/mol. The van der Waals surface area contributed by atoms with Gasteiger partial charge in [-0.05, 0) is 32.4 Å². The second-order valence-corrected chi connectivity index (χ2v) is 7.01. The summed E-state index contributed by atoms with van der Waals surface area (Å²) in [6, 6.07) is 0. The summed E-state index contributed by atoms with van der Waals surface area (Å²) in [7, 11) is -3.06. The van der Waals surface area contributed by atoms with Crippen molar-refractivity contribution in [3.05, 3.63) is 0 Å². The fourth-order valence-corrected chi connectivity index (χ4v) is 3.02. The van der Waals surface area contributed by atoms with Crippen LogP contribution in [0.15, 0.2) is 0 Å². The van der Waals surface area contributed by atoms with Gasteiger partial charge in [-0.3, -0.25) is 0 Å². The van der Waals surface area contributed by atoms with E-state index in [0.29, 0.717) is 13.0 Å². The van der Waals surface area contributed by atoms with E-state index in [1.807, 2.05) is 0 Å². The molecule has 116 valence electrons. The maximum Gasteiger partial charge on any atom is 0.211 e. The van der Waals surface area contributed by atoms with Crippen LogP contribution in [-0.2, 0) is 10.0 Å². The summed E-state index contributed by atoms with van der Waals surface area (Å²) in [6.45, 7) is 6.64. The number of sulfonamides is 1. The lowest BCUT2D eigenvalue weighted by molar-refractivity contribution is 0.563. The molecule has 0 radical (unpaired) electrons. The highest BCUT2D eigenvalue weighted by Crippen LogP contribution is 2.04. The molecule has 0 aliphatic carbocycles. The monoisotopic (exact) mass is 292 g/mol. The highest BCUT2D eigenvalue weighted by molar-refractivity contribution is 7.89. The van der Waals surface area contributed by atoms with E-state index >= 15 is 0 Å². The van der Waals surface area contributed by atoms with Crippen molar-refractivity contribution in [2.75, 3.05) is 25.4 Å². The third kappa shape index (κ3) is 14.1. The van der Waals surface area contributed by atoms with Crippen molar-refractivity contribution < 1.29 is 8.42 Å². The molecule has 0 unspecified atom stereocenters. The lowest BCUT2D eigenvalue weighted by Crippen LogP contribution is -2.29. The Labute approximate surface area is 119 Å². The van der Waals surface area contributed by atoms with Gasteiger partial charge in [-0.1, -0.05) is 46.0 Å². The van der Waals surface area contributed by atoms with Gasteiger partial charge >= 0.3 is 0 Å². The van der Waals surface area contributed by atoms with E-state index in [0.717, 1.165) is 32.4 Å². The first kappa shape index (κ1) is 18.9. The molecule has 0 aliphatic rings. The van der Waals surface area contributed by atoms with Crippen molar-refractivity contribution in [1.82, 2.24) is 10.0 Å². The van der Waals surface area contributed by atoms with Gasteiger partial charge in [-0.25, -0.2) is 13.1 Å². The summed E-state index contributed by atoms with van der Waals surface area (Å²) in [4.78, 5) is 0. The number of rotatable bonds is 14. The van der Waals surface area contributed by atoms with Crippen molar-refractivity contribution >= 4 is 10.0 Å². The van der Waals surface area contributed by atoms with Crippen molar-refractivity contribution in [2.24, 2.45) is 0 Å². The predicted octanol–water partition coefficient (Wildman–Crippen LogP) is 2.66. The Kier molecular flexibility index (Phi) is 12.8. The number of hydrogen-bond acceptors (Lipinski definition) is 3. The third-order valence-electron chi connectivity index (χ3n) is 3.05. The van der Waals surface area contributed by atoms with Crippen LogP contribution in [0.2, 0.25) is 0 Å². The Morgan fingerprint density at radius 3 is 2.11 bits per heavy atom. The molecule has 0 amide bonds. The summed E-state index contributed by atoms with van der Waals surface area (Å²) in [5.41, 5.74) is 0. The van der Waals surface area contributed by atoms with Gasteiger partial charge in [0.05, 0.1) is 5.75 Å². The van der Waals surface area contributed by atoms with Gasteiger partial charge in [0, 0.05) is 6.54 Å². The molecule has 0 atom stereocenters. The molecule has 19 heavy (non-hydrogen) atoms. The molecule has 0 aliphatic heterocycles. The first-order chi connectivity index (χ1) is 9.12. The quantitative estimate of drug-likeness (QED) is 0.484. The van der Waals surface area contributed by atoms with Crippen molar-refractivity contribution in [1.29, 1.82) is 0 Å². The van der Waals surface area contributed by atoms with E-state index in [9.17, 15) is 8.42 Å². The smallest absolute Gasteiger partial charge is 0.211 e. The molecule has 4 nitrogen and oxygen atoms in total. The van der Waals surface area contributed by atoms with Crippen LogP contribution >= 0.6 is 0 Å². The zero-order valence-electron chi connectivity index (χ0n) is 12.7. The van der Waals surface area contributed by atoms with E-state index in [4.69, 9.17) is 0 Å². The SMILES string of the molecule is CCCCCCCCNS(=O)(=O)CCCNCCC. The number of hydrogen-bond donors (Lipinski definition) is 2. The molecule has 5 heteroatoms. The summed E-state index contributed by atoms with van der Waals surface area (Å²) in [5, 5.41) is 3.21. The van der Waals surface area contributed by atoms with E-state index in [2.05, 4.69) is 23.9 Å².